The third-order valence-corrected chi connectivity index (χ3v) is 3.83. The normalized spacial score (nSPS) is 12.5. The van der Waals surface area contributed by atoms with E-state index in [2.05, 4.69) is 6.58 Å². The second-order valence-corrected chi connectivity index (χ2v) is 4.58. The lowest BCUT2D eigenvalue weighted by Gasteiger charge is -2.21. The molecule has 15 heavy (non-hydrogen) atoms. The Bertz CT molecular complexity index is 190. The fourth-order valence-electron chi connectivity index (χ4n) is 0.999. The topological polar surface area (TPSA) is 44.8 Å². The summed E-state index contributed by atoms with van der Waals surface area (Å²) in [7, 11) is -1.53. The molecule has 0 amide bonds. The van der Waals surface area contributed by atoms with E-state index < -0.39 is 15.3 Å². The average molecular weight is 231 g/mol. The van der Waals surface area contributed by atoms with Gasteiger partial charge in [-0.25, -0.2) is 4.79 Å². The van der Waals surface area contributed by atoms with Crippen LogP contribution in [0.2, 0.25) is 0 Å². The van der Waals surface area contributed by atoms with Crippen LogP contribution < -0.4 is 0 Å². The standard InChI is InChI=1S/C10H19O4Si/c1-5-9(11)14-10(6-2)15(12-7-3)13-8-4/h5,10H,1,6-8H2,2-4H3. The molecule has 0 saturated heterocycles. The number of ether oxygens (including phenoxy) is 1. The lowest BCUT2D eigenvalue weighted by Crippen LogP contribution is -2.40. The molecule has 1 unspecified atom stereocenters. The van der Waals surface area contributed by atoms with Crippen LogP contribution in [0.3, 0.4) is 0 Å². The highest BCUT2D eigenvalue weighted by atomic mass is 28.3. The first-order chi connectivity index (χ1) is 7.19. The van der Waals surface area contributed by atoms with Crippen molar-refractivity contribution in [3.63, 3.8) is 0 Å². The molecule has 0 N–H and O–H groups in total. The van der Waals surface area contributed by atoms with Crippen molar-refractivity contribution in [2.24, 2.45) is 0 Å². The summed E-state index contributed by atoms with van der Waals surface area (Å²) in [6.07, 6.45) is 1.84. The van der Waals surface area contributed by atoms with Crippen molar-refractivity contribution in [3.05, 3.63) is 12.7 Å². The molecular formula is C10H19O4Si. The molecule has 0 aromatic heterocycles. The van der Waals surface area contributed by atoms with Crippen molar-refractivity contribution in [2.75, 3.05) is 13.2 Å². The predicted octanol–water partition coefficient (Wildman–Crippen LogP) is 1.59. The Morgan fingerprint density at radius 3 is 2.20 bits per heavy atom. The molecule has 4 nitrogen and oxygen atoms in total. The van der Waals surface area contributed by atoms with Crippen LogP contribution in [-0.4, -0.2) is 34.2 Å². The highest BCUT2D eigenvalue weighted by molar-refractivity contribution is 6.46. The molecule has 0 aliphatic rings. The number of hydrogen-bond donors (Lipinski definition) is 0. The summed E-state index contributed by atoms with van der Waals surface area (Å²) in [5, 5.41) is 0. The monoisotopic (exact) mass is 231 g/mol. The zero-order chi connectivity index (χ0) is 11.7. The highest BCUT2D eigenvalue weighted by Gasteiger charge is 2.29. The minimum Gasteiger partial charge on any atom is -0.457 e. The van der Waals surface area contributed by atoms with E-state index in [0.29, 0.717) is 19.6 Å². The van der Waals surface area contributed by atoms with Crippen LogP contribution in [0.1, 0.15) is 27.2 Å². The van der Waals surface area contributed by atoms with Crippen molar-refractivity contribution in [2.45, 2.75) is 32.9 Å². The van der Waals surface area contributed by atoms with E-state index >= 15 is 0 Å². The molecule has 0 fully saturated rings. The molecular weight excluding hydrogens is 212 g/mol. The van der Waals surface area contributed by atoms with Crippen LogP contribution in [0, 0.1) is 0 Å². The minimum atomic E-state index is -1.53. The number of esters is 1. The van der Waals surface area contributed by atoms with Gasteiger partial charge >= 0.3 is 15.3 Å². The summed E-state index contributed by atoms with van der Waals surface area (Å²) < 4.78 is 16.1. The lowest BCUT2D eigenvalue weighted by molar-refractivity contribution is -0.141. The second-order valence-electron chi connectivity index (χ2n) is 2.72. The lowest BCUT2D eigenvalue weighted by atomic mass is 10.5. The van der Waals surface area contributed by atoms with E-state index in [1.807, 2.05) is 20.8 Å². The molecule has 0 aromatic rings. The third kappa shape index (κ3) is 5.71. The molecule has 0 bridgehead atoms. The Labute approximate surface area is 93.1 Å². The molecule has 0 aliphatic carbocycles. The summed E-state index contributed by atoms with van der Waals surface area (Å²) in [5.74, 6) is -0.427. The second kappa shape index (κ2) is 8.64. The van der Waals surface area contributed by atoms with Gasteiger partial charge in [0.15, 0.2) is 0 Å². The Morgan fingerprint density at radius 2 is 1.87 bits per heavy atom. The molecule has 0 rings (SSSR count). The number of hydrogen-bond acceptors (Lipinski definition) is 4. The van der Waals surface area contributed by atoms with Gasteiger partial charge in [-0.05, 0) is 20.3 Å². The van der Waals surface area contributed by atoms with Crippen LogP contribution in [-0.2, 0) is 18.4 Å². The van der Waals surface area contributed by atoms with Crippen molar-refractivity contribution in [3.8, 4) is 0 Å². The van der Waals surface area contributed by atoms with Gasteiger partial charge in [0, 0.05) is 19.3 Å². The van der Waals surface area contributed by atoms with E-state index in [0.717, 1.165) is 6.08 Å². The maximum absolute atomic E-state index is 11.1. The molecule has 1 atom stereocenters. The number of carbonyl (C=O) groups is 1. The van der Waals surface area contributed by atoms with Gasteiger partial charge in [-0.1, -0.05) is 13.5 Å². The molecule has 0 heterocycles. The van der Waals surface area contributed by atoms with Crippen LogP contribution in [0.15, 0.2) is 12.7 Å². The smallest absolute Gasteiger partial charge is 0.429 e. The molecule has 0 spiro atoms. The first kappa shape index (κ1) is 14.3. The van der Waals surface area contributed by atoms with Crippen molar-refractivity contribution >= 4 is 15.3 Å². The van der Waals surface area contributed by atoms with Crippen molar-refractivity contribution < 1.29 is 18.4 Å². The van der Waals surface area contributed by atoms with E-state index in [9.17, 15) is 4.79 Å². The molecule has 0 saturated carbocycles. The quantitative estimate of drug-likeness (QED) is 0.361. The van der Waals surface area contributed by atoms with E-state index in [-0.39, 0.29) is 5.73 Å². The Morgan fingerprint density at radius 1 is 1.33 bits per heavy atom. The molecule has 5 heteroatoms. The first-order valence-electron chi connectivity index (χ1n) is 5.14. The number of rotatable bonds is 8. The first-order valence-corrected chi connectivity index (χ1v) is 6.54. The molecule has 87 valence electrons. The fourth-order valence-corrected chi connectivity index (χ4v) is 2.57. The predicted molar refractivity (Wildman–Crippen MR) is 59.4 cm³/mol. The average Bonchev–Trinajstić information content (AvgIpc) is 2.25. The Kier molecular flexibility index (Phi) is 8.26. The zero-order valence-corrected chi connectivity index (χ0v) is 10.6. The van der Waals surface area contributed by atoms with E-state index in [4.69, 9.17) is 13.6 Å². The molecule has 0 aliphatic heterocycles. The van der Waals surface area contributed by atoms with Crippen molar-refractivity contribution in [1.29, 1.82) is 0 Å². The third-order valence-electron chi connectivity index (χ3n) is 1.63. The van der Waals surface area contributed by atoms with Crippen molar-refractivity contribution in [1.82, 2.24) is 0 Å². The maximum Gasteiger partial charge on any atom is 0.429 e. The van der Waals surface area contributed by atoms with Crippen LogP contribution in [0.25, 0.3) is 0 Å². The van der Waals surface area contributed by atoms with E-state index in [1.54, 1.807) is 0 Å². The van der Waals surface area contributed by atoms with Gasteiger partial charge in [0.25, 0.3) is 0 Å². The van der Waals surface area contributed by atoms with Gasteiger partial charge < -0.3 is 13.6 Å². The van der Waals surface area contributed by atoms with E-state index in [1.165, 1.54) is 0 Å². The van der Waals surface area contributed by atoms with Crippen LogP contribution in [0.4, 0.5) is 0 Å². The summed E-state index contributed by atoms with van der Waals surface area (Å²) in [5.41, 5.74) is -0.277. The maximum atomic E-state index is 11.1. The molecule has 1 radical (unpaired) electrons. The largest absolute Gasteiger partial charge is 0.457 e. The summed E-state index contributed by atoms with van der Waals surface area (Å²) in [6.45, 7) is 10.2. The van der Waals surface area contributed by atoms with Gasteiger partial charge in [0.05, 0.1) is 0 Å². The van der Waals surface area contributed by atoms with Gasteiger partial charge in [0.1, 0.15) is 5.73 Å². The summed E-state index contributed by atoms with van der Waals surface area (Å²) >= 11 is 0. The number of carbonyl (C=O) groups excluding carboxylic acids is 1. The highest BCUT2D eigenvalue weighted by Crippen LogP contribution is 2.07. The molecule has 0 aromatic carbocycles. The Hall–Kier alpha value is -0.653. The van der Waals surface area contributed by atoms with Gasteiger partial charge in [-0.3, -0.25) is 0 Å². The Balaban J connectivity index is 4.28. The van der Waals surface area contributed by atoms with Gasteiger partial charge in [-0.2, -0.15) is 0 Å². The SMILES string of the molecule is C=CC(=O)OC(CC)[Si](OCC)OCC. The van der Waals surface area contributed by atoms with Crippen LogP contribution >= 0.6 is 0 Å². The minimum absolute atomic E-state index is 0.277. The summed E-state index contributed by atoms with van der Waals surface area (Å²) in [6, 6.07) is 0. The van der Waals surface area contributed by atoms with Crippen LogP contribution in [0.5, 0.6) is 0 Å². The van der Waals surface area contributed by atoms with Gasteiger partial charge in [0.2, 0.25) is 0 Å². The zero-order valence-electron chi connectivity index (χ0n) is 9.62. The summed E-state index contributed by atoms with van der Waals surface area (Å²) in [4.78, 5) is 11.1. The fraction of sp³-hybridized carbons (Fsp3) is 0.700. The van der Waals surface area contributed by atoms with Gasteiger partial charge in [-0.15, -0.1) is 0 Å².